The molecule has 0 aliphatic heterocycles. The van der Waals surface area contributed by atoms with Gasteiger partial charge in [-0.05, 0) is 25.1 Å². The van der Waals surface area contributed by atoms with Gasteiger partial charge in [-0.15, -0.1) is 0 Å². The SMILES string of the molecule is CCCNCCc1ncc(-c2ccc(F)cc2[N+](=O)[O-])o1. The van der Waals surface area contributed by atoms with Crippen molar-refractivity contribution < 1.29 is 13.7 Å². The highest BCUT2D eigenvalue weighted by molar-refractivity contribution is 5.68. The van der Waals surface area contributed by atoms with E-state index in [-0.39, 0.29) is 17.0 Å². The number of hydrogen-bond donors (Lipinski definition) is 1. The van der Waals surface area contributed by atoms with E-state index in [9.17, 15) is 14.5 Å². The molecule has 112 valence electrons. The molecule has 7 heteroatoms. The van der Waals surface area contributed by atoms with Crippen LogP contribution in [0, 0.1) is 15.9 Å². The zero-order chi connectivity index (χ0) is 15.2. The first-order valence-electron chi connectivity index (χ1n) is 6.71. The third-order valence-corrected chi connectivity index (χ3v) is 2.92. The van der Waals surface area contributed by atoms with E-state index in [0.717, 1.165) is 31.6 Å². The minimum absolute atomic E-state index is 0.224. The Morgan fingerprint density at radius 1 is 1.43 bits per heavy atom. The fraction of sp³-hybridized carbons (Fsp3) is 0.357. The molecule has 0 aliphatic rings. The lowest BCUT2D eigenvalue weighted by atomic mass is 10.1. The number of hydrogen-bond acceptors (Lipinski definition) is 5. The molecule has 0 saturated heterocycles. The Morgan fingerprint density at radius 3 is 2.95 bits per heavy atom. The summed E-state index contributed by atoms with van der Waals surface area (Å²) in [5, 5.41) is 14.2. The summed E-state index contributed by atoms with van der Waals surface area (Å²) in [4.78, 5) is 14.4. The van der Waals surface area contributed by atoms with E-state index in [2.05, 4.69) is 17.2 Å². The fourth-order valence-electron chi connectivity index (χ4n) is 1.91. The Labute approximate surface area is 121 Å². The van der Waals surface area contributed by atoms with Crippen LogP contribution in [-0.2, 0) is 6.42 Å². The van der Waals surface area contributed by atoms with Crippen LogP contribution in [0.15, 0.2) is 28.8 Å². The van der Waals surface area contributed by atoms with Gasteiger partial charge in [0.05, 0.1) is 22.7 Å². The summed E-state index contributed by atoms with van der Waals surface area (Å²) in [5.74, 6) is 0.105. The maximum atomic E-state index is 13.1. The summed E-state index contributed by atoms with van der Waals surface area (Å²) < 4.78 is 18.6. The molecular weight excluding hydrogens is 277 g/mol. The van der Waals surface area contributed by atoms with E-state index in [4.69, 9.17) is 4.42 Å². The Hall–Kier alpha value is -2.28. The number of nitrogens with one attached hydrogen (secondary N) is 1. The van der Waals surface area contributed by atoms with Gasteiger partial charge in [0.15, 0.2) is 11.7 Å². The number of halogens is 1. The second-order valence-electron chi connectivity index (χ2n) is 4.54. The second-order valence-corrected chi connectivity index (χ2v) is 4.54. The van der Waals surface area contributed by atoms with Crippen LogP contribution in [0.5, 0.6) is 0 Å². The van der Waals surface area contributed by atoms with Gasteiger partial charge < -0.3 is 9.73 Å². The van der Waals surface area contributed by atoms with Crippen molar-refractivity contribution in [1.82, 2.24) is 10.3 Å². The van der Waals surface area contributed by atoms with Gasteiger partial charge in [0.2, 0.25) is 0 Å². The average molecular weight is 293 g/mol. The molecule has 0 unspecified atom stereocenters. The van der Waals surface area contributed by atoms with Crippen LogP contribution < -0.4 is 5.32 Å². The van der Waals surface area contributed by atoms with Crippen molar-refractivity contribution in [3.8, 4) is 11.3 Å². The first-order chi connectivity index (χ1) is 10.1. The highest BCUT2D eigenvalue weighted by Gasteiger charge is 2.19. The lowest BCUT2D eigenvalue weighted by Gasteiger charge is -2.00. The Balaban J connectivity index is 2.16. The van der Waals surface area contributed by atoms with Gasteiger partial charge in [-0.2, -0.15) is 0 Å². The highest BCUT2D eigenvalue weighted by atomic mass is 19.1. The Kier molecular flexibility index (Phi) is 4.99. The summed E-state index contributed by atoms with van der Waals surface area (Å²) in [6.07, 6.45) is 3.06. The number of oxazole rings is 1. The average Bonchev–Trinajstić information content (AvgIpc) is 2.92. The smallest absolute Gasteiger partial charge is 0.283 e. The number of nitro groups is 1. The summed E-state index contributed by atoms with van der Waals surface area (Å²) in [6.45, 7) is 3.71. The van der Waals surface area contributed by atoms with Crippen LogP contribution in [0.3, 0.4) is 0 Å². The Bertz CT molecular complexity index is 628. The summed E-state index contributed by atoms with van der Waals surface area (Å²) in [7, 11) is 0. The zero-order valence-corrected chi connectivity index (χ0v) is 11.6. The van der Waals surface area contributed by atoms with Gasteiger partial charge in [0.1, 0.15) is 5.82 Å². The summed E-state index contributed by atoms with van der Waals surface area (Å²) in [6, 6.07) is 3.36. The van der Waals surface area contributed by atoms with Gasteiger partial charge in [-0.1, -0.05) is 6.92 Å². The second kappa shape index (κ2) is 6.94. The molecule has 2 rings (SSSR count). The van der Waals surface area contributed by atoms with Crippen molar-refractivity contribution in [2.45, 2.75) is 19.8 Å². The molecule has 1 aromatic carbocycles. The van der Waals surface area contributed by atoms with Crippen LogP contribution in [0.1, 0.15) is 19.2 Å². The zero-order valence-electron chi connectivity index (χ0n) is 11.6. The molecule has 0 aliphatic carbocycles. The van der Waals surface area contributed by atoms with Crippen molar-refractivity contribution >= 4 is 5.69 Å². The molecule has 6 nitrogen and oxygen atoms in total. The number of nitro benzene ring substituents is 1. The molecule has 1 N–H and O–H groups in total. The molecule has 0 fully saturated rings. The molecule has 0 saturated carbocycles. The molecule has 0 atom stereocenters. The van der Waals surface area contributed by atoms with Gasteiger partial charge in [-0.25, -0.2) is 9.37 Å². The maximum Gasteiger partial charge on any atom is 0.283 e. The van der Waals surface area contributed by atoms with E-state index in [1.54, 1.807) is 0 Å². The minimum atomic E-state index is -0.658. The van der Waals surface area contributed by atoms with E-state index < -0.39 is 10.7 Å². The predicted molar refractivity (Wildman–Crippen MR) is 75.4 cm³/mol. The first kappa shape index (κ1) is 15.1. The number of rotatable bonds is 7. The van der Waals surface area contributed by atoms with Crippen molar-refractivity contribution in [3.63, 3.8) is 0 Å². The van der Waals surface area contributed by atoms with Crippen LogP contribution in [0.25, 0.3) is 11.3 Å². The van der Waals surface area contributed by atoms with Crippen molar-refractivity contribution in [2.24, 2.45) is 0 Å². The van der Waals surface area contributed by atoms with Gasteiger partial charge in [-0.3, -0.25) is 10.1 Å². The molecule has 1 aromatic heterocycles. The monoisotopic (exact) mass is 293 g/mol. The predicted octanol–water partition coefficient (Wildman–Crippen LogP) is 2.93. The number of nitrogens with zero attached hydrogens (tertiary/aromatic N) is 2. The van der Waals surface area contributed by atoms with Gasteiger partial charge >= 0.3 is 0 Å². The standard InChI is InChI=1S/C14H16FN3O3/c1-2-6-16-7-5-14-17-9-13(21-14)11-4-3-10(15)8-12(11)18(19)20/h3-4,8-9,16H,2,5-7H2,1H3. The van der Waals surface area contributed by atoms with Crippen molar-refractivity contribution in [2.75, 3.05) is 13.1 Å². The van der Waals surface area contributed by atoms with E-state index in [1.165, 1.54) is 12.3 Å². The summed E-state index contributed by atoms with van der Waals surface area (Å²) in [5.41, 5.74) is -0.108. The molecular formula is C14H16FN3O3. The van der Waals surface area contributed by atoms with Crippen LogP contribution in [-0.4, -0.2) is 23.0 Å². The Morgan fingerprint density at radius 2 is 2.24 bits per heavy atom. The topological polar surface area (TPSA) is 81.2 Å². The van der Waals surface area contributed by atoms with E-state index in [0.29, 0.717) is 12.3 Å². The molecule has 0 bridgehead atoms. The minimum Gasteiger partial charge on any atom is -0.440 e. The molecule has 0 amide bonds. The summed E-state index contributed by atoms with van der Waals surface area (Å²) >= 11 is 0. The lowest BCUT2D eigenvalue weighted by Crippen LogP contribution is -2.17. The number of benzene rings is 1. The first-order valence-corrected chi connectivity index (χ1v) is 6.71. The van der Waals surface area contributed by atoms with Crippen LogP contribution >= 0.6 is 0 Å². The van der Waals surface area contributed by atoms with Crippen molar-refractivity contribution in [3.05, 3.63) is 46.2 Å². The third-order valence-electron chi connectivity index (χ3n) is 2.92. The van der Waals surface area contributed by atoms with Crippen LogP contribution in [0.2, 0.25) is 0 Å². The quantitative estimate of drug-likeness (QED) is 0.482. The molecule has 2 aromatic rings. The maximum absolute atomic E-state index is 13.1. The fourth-order valence-corrected chi connectivity index (χ4v) is 1.91. The number of aromatic nitrogens is 1. The van der Waals surface area contributed by atoms with Crippen molar-refractivity contribution in [1.29, 1.82) is 0 Å². The molecule has 21 heavy (non-hydrogen) atoms. The van der Waals surface area contributed by atoms with Crippen LogP contribution in [0.4, 0.5) is 10.1 Å². The largest absolute Gasteiger partial charge is 0.440 e. The normalized spacial score (nSPS) is 10.8. The van der Waals surface area contributed by atoms with Gasteiger partial charge in [0.25, 0.3) is 5.69 Å². The molecule has 0 radical (unpaired) electrons. The van der Waals surface area contributed by atoms with E-state index >= 15 is 0 Å². The molecule has 0 spiro atoms. The lowest BCUT2D eigenvalue weighted by molar-refractivity contribution is -0.384. The van der Waals surface area contributed by atoms with Gasteiger partial charge in [0, 0.05) is 13.0 Å². The molecule has 1 heterocycles. The van der Waals surface area contributed by atoms with E-state index in [1.807, 2.05) is 0 Å². The highest BCUT2D eigenvalue weighted by Crippen LogP contribution is 2.30. The third kappa shape index (κ3) is 3.85.